The third-order valence-corrected chi connectivity index (χ3v) is 2.43. The molecular weight excluding hydrogens is 224 g/mol. The normalized spacial score (nSPS) is 16.7. The fraction of sp³-hybridized carbons (Fsp3) is 0.727. The first-order valence-electron chi connectivity index (χ1n) is 5.69. The number of hydrogen-bond acceptors (Lipinski definition) is 4. The molecule has 0 unspecified atom stereocenters. The molecular formula is C11H18N2O4. The third-order valence-electron chi connectivity index (χ3n) is 2.43. The van der Waals surface area contributed by atoms with E-state index in [1.165, 1.54) is 9.80 Å². The van der Waals surface area contributed by atoms with E-state index in [4.69, 9.17) is 4.74 Å². The van der Waals surface area contributed by atoms with Gasteiger partial charge in [0.25, 0.3) is 0 Å². The quantitative estimate of drug-likeness (QED) is 0.631. The van der Waals surface area contributed by atoms with E-state index in [9.17, 15) is 14.4 Å². The van der Waals surface area contributed by atoms with Crippen LogP contribution in [-0.2, 0) is 19.1 Å². The number of carbonyl (C=O) groups is 3. The molecule has 0 aliphatic carbocycles. The minimum absolute atomic E-state index is 0.0418. The molecule has 0 radical (unpaired) electrons. The summed E-state index contributed by atoms with van der Waals surface area (Å²) in [6, 6.07) is 0. The van der Waals surface area contributed by atoms with E-state index in [0.29, 0.717) is 6.54 Å². The van der Waals surface area contributed by atoms with E-state index in [-0.39, 0.29) is 37.6 Å². The second-order valence-corrected chi connectivity index (χ2v) is 4.20. The molecule has 0 spiro atoms. The van der Waals surface area contributed by atoms with Crippen LogP contribution >= 0.6 is 0 Å². The molecule has 0 bridgehead atoms. The lowest BCUT2D eigenvalue weighted by Crippen LogP contribution is -2.54. The monoisotopic (exact) mass is 242 g/mol. The smallest absolute Gasteiger partial charge is 0.325 e. The Labute approximate surface area is 101 Å². The molecule has 1 rings (SSSR count). The standard InChI is InChI=1S/C11H18N2O4/c1-4-12-5-10(15)13(6-9(12)14)7-11(16)17-8(2)3/h8H,4-7H2,1-3H3. The Morgan fingerprint density at radius 3 is 2.29 bits per heavy atom. The lowest BCUT2D eigenvalue weighted by atomic mass is 10.3. The van der Waals surface area contributed by atoms with Crippen molar-refractivity contribution < 1.29 is 19.1 Å². The molecule has 0 saturated carbocycles. The van der Waals surface area contributed by atoms with Gasteiger partial charge in [-0.1, -0.05) is 0 Å². The van der Waals surface area contributed by atoms with E-state index in [0.717, 1.165) is 0 Å². The van der Waals surface area contributed by atoms with Gasteiger partial charge in [0.05, 0.1) is 12.6 Å². The molecule has 2 amide bonds. The van der Waals surface area contributed by atoms with E-state index in [1.54, 1.807) is 13.8 Å². The average molecular weight is 242 g/mol. The lowest BCUT2D eigenvalue weighted by molar-refractivity contribution is -0.157. The van der Waals surface area contributed by atoms with Crippen molar-refractivity contribution in [3.05, 3.63) is 0 Å². The molecule has 0 aromatic carbocycles. The summed E-state index contributed by atoms with van der Waals surface area (Å²) < 4.78 is 4.93. The van der Waals surface area contributed by atoms with Crippen LogP contribution in [0.3, 0.4) is 0 Å². The molecule has 1 saturated heterocycles. The summed E-state index contributed by atoms with van der Waals surface area (Å²) >= 11 is 0. The summed E-state index contributed by atoms with van der Waals surface area (Å²) in [6.45, 7) is 5.65. The first-order chi connectivity index (χ1) is 7.93. The molecule has 0 aromatic rings. The van der Waals surface area contributed by atoms with Gasteiger partial charge in [0.2, 0.25) is 11.8 Å². The predicted molar refractivity (Wildman–Crippen MR) is 60.1 cm³/mol. The SMILES string of the molecule is CCN1CC(=O)N(CC(=O)OC(C)C)CC1=O. The van der Waals surface area contributed by atoms with Gasteiger partial charge < -0.3 is 14.5 Å². The first-order valence-corrected chi connectivity index (χ1v) is 5.69. The van der Waals surface area contributed by atoms with Crippen LogP contribution in [0.4, 0.5) is 0 Å². The number of piperazine rings is 1. The molecule has 17 heavy (non-hydrogen) atoms. The van der Waals surface area contributed by atoms with Crippen LogP contribution in [0.25, 0.3) is 0 Å². The minimum Gasteiger partial charge on any atom is -0.462 e. The third kappa shape index (κ3) is 3.72. The zero-order chi connectivity index (χ0) is 13.0. The summed E-state index contributed by atoms with van der Waals surface area (Å²) in [4.78, 5) is 37.3. The van der Waals surface area contributed by atoms with Crippen molar-refractivity contribution in [2.75, 3.05) is 26.2 Å². The number of nitrogens with zero attached hydrogens (tertiary/aromatic N) is 2. The Morgan fingerprint density at radius 1 is 1.24 bits per heavy atom. The number of hydrogen-bond donors (Lipinski definition) is 0. The number of likely N-dealkylation sites (N-methyl/N-ethyl adjacent to an activating group) is 1. The van der Waals surface area contributed by atoms with Crippen molar-refractivity contribution >= 4 is 17.8 Å². The zero-order valence-electron chi connectivity index (χ0n) is 10.4. The van der Waals surface area contributed by atoms with Crippen molar-refractivity contribution in [1.29, 1.82) is 0 Å². The van der Waals surface area contributed by atoms with Gasteiger partial charge in [0.1, 0.15) is 13.1 Å². The van der Waals surface area contributed by atoms with E-state index < -0.39 is 5.97 Å². The van der Waals surface area contributed by atoms with Gasteiger partial charge in [-0.2, -0.15) is 0 Å². The predicted octanol–water partition coefficient (Wildman–Crippen LogP) is -0.371. The summed E-state index contributed by atoms with van der Waals surface area (Å²) in [7, 11) is 0. The Kier molecular flexibility index (Phi) is 4.48. The fourth-order valence-corrected chi connectivity index (χ4v) is 1.59. The van der Waals surface area contributed by atoms with Gasteiger partial charge in [0.15, 0.2) is 0 Å². The van der Waals surface area contributed by atoms with Crippen LogP contribution in [0, 0.1) is 0 Å². The molecule has 1 heterocycles. The van der Waals surface area contributed by atoms with Crippen molar-refractivity contribution in [2.24, 2.45) is 0 Å². The largest absolute Gasteiger partial charge is 0.462 e. The van der Waals surface area contributed by atoms with Crippen LogP contribution in [-0.4, -0.2) is 59.9 Å². The average Bonchev–Trinajstić information content (AvgIpc) is 2.21. The van der Waals surface area contributed by atoms with Gasteiger partial charge in [-0.25, -0.2) is 0 Å². The molecule has 1 aliphatic heterocycles. The molecule has 1 aliphatic rings. The maximum absolute atomic E-state index is 11.7. The number of ether oxygens (including phenoxy) is 1. The van der Waals surface area contributed by atoms with Crippen molar-refractivity contribution in [3.63, 3.8) is 0 Å². The molecule has 0 aromatic heterocycles. The zero-order valence-corrected chi connectivity index (χ0v) is 10.4. The maximum atomic E-state index is 11.7. The molecule has 6 nitrogen and oxygen atoms in total. The Hall–Kier alpha value is -1.59. The molecule has 0 N–H and O–H groups in total. The molecule has 96 valence electrons. The summed E-state index contributed by atoms with van der Waals surface area (Å²) in [6.07, 6.45) is -0.217. The van der Waals surface area contributed by atoms with E-state index in [2.05, 4.69) is 0 Å². The molecule has 0 atom stereocenters. The topological polar surface area (TPSA) is 66.9 Å². The second kappa shape index (κ2) is 5.65. The molecule has 1 fully saturated rings. The fourth-order valence-electron chi connectivity index (χ4n) is 1.59. The summed E-state index contributed by atoms with van der Waals surface area (Å²) in [5.74, 6) is -0.831. The lowest BCUT2D eigenvalue weighted by Gasteiger charge is -2.32. The van der Waals surface area contributed by atoms with Crippen LogP contribution in [0.5, 0.6) is 0 Å². The number of rotatable bonds is 4. The van der Waals surface area contributed by atoms with E-state index in [1.807, 2.05) is 6.92 Å². The van der Waals surface area contributed by atoms with Gasteiger partial charge in [-0.15, -0.1) is 0 Å². The maximum Gasteiger partial charge on any atom is 0.325 e. The van der Waals surface area contributed by atoms with E-state index >= 15 is 0 Å². The number of esters is 1. The van der Waals surface area contributed by atoms with Gasteiger partial charge in [-0.05, 0) is 20.8 Å². The second-order valence-electron chi connectivity index (χ2n) is 4.20. The highest BCUT2D eigenvalue weighted by Crippen LogP contribution is 2.05. The highest BCUT2D eigenvalue weighted by atomic mass is 16.5. The first kappa shape index (κ1) is 13.5. The van der Waals surface area contributed by atoms with Crippen molar-refractivity contribution in [3.8, 4) is 0 Å². The highest BCUT2D eigenvalue weighted by molar-refractivity contribution is 5.94. The minimum atomic E-state index is -0.480. The van der Waals surface area contributed by atoms with Crippen LogP contribution < -0.4 is 0 Å². The Balaban J connectivity index is 2.53. The Morgan fingerprint density at radius 2 is 1.76 bits per heavy atom. The van der Waals surface area contributed by atoms with Gasteiger partial charge >= 0.3 is 5.97 Å². The summed E-state index contributed by atoms with van der Waals surface area (Å²) in [5.41, 5.74) is 0. The highest BCUT2D eigenvalue weighted by Gasteiger charge is 2.30. The van der Waals surface area contributed by atoms with Gasteiger partial charge in [0, 0.05) is 6.54 Å². The van der Waals surface area contributed by atoms with Gasteiger partial charge in [-0.3, -0.25) is 14.4 Å². The Bertz CT molecular complexity index is 327. The van der Waals surface area contributed by atoms with Crippen molar-refractivity contribution in [2.45, 2.75) is 26.9 Å². The van der Waals surface area contributed by atoms with Crippen LogP contribution in [0.1, 0.15) is 20.8 Å². The van der Waals surface area contributed by atoms with Crippen molar-refractivity contribution in [1.82, 2.24) is 9.80 Å². The number of amides is 2. The summed E-state index contributed by atoms with van der Waals surface area (Å²) in [5, 5.41) is 0. The van der Waals surface area contributed by atoms with Crippen LogP contribution in [0.2, 0.25) is 0 Å². The van der Waals surface area contributed by atoms with Crippen LogP contribution in [0.15, 0.2) is 0 Å². The number of carbonyl (C=O) groups excluding carboxylic acids is 3. The molecule has 6 heteroatoms.